The van der Waals surface area contributed by atoms with Crippen molar-refractivity contribution in [2.75, 3.05) is 6.61 Å². The summed E-state index contributed by atoms with van der Waals surface area (Å²) in [7, 11) is 0. The third-order valence-corrected chi connectivity index (χ3v) is 4.51. The number of aryl methyl sites for hydroxylation is 2. The number of fused-ring (bicyclic) bond motifs is 1. The van der Waals surface area contributed by atoms with Gasteiger partial charge in [-0.1, -0.05) is 23.8 Å². The van der Waals surface area contributed by atoms with Crippen LogP contribution in [0.15, 0.2) is 18.2 Å². The first kappa shape index (κ1) is 13.1. The van der Waals surface area contributed by atoms with Crippen LogP contribution in [-0.2, 0) is 11.2 Å². The first-order valence-corrected chi connectivity index (χ1v) is 7.53. The average molecular weight is 259 g/mol. The van der Waals surface area contributed by atoms with Crippen molar-refractivity contribution in [2.45, 2.75) is 64.1 Å². The van der Waals surface area contributed by atoms with Gasteiger partial charge in [-0.15, -0.1) is 0 Å². The molecule has 1 aromatic rings. The Morgan fingerprint density at radius 3 is 2.89 bits per heavy atom. The van der Waals surface area contributed by atoms with Gasteiger partial charge in [0.2, 0.25) is 0 Å². The standard InChI is InChI=1S/C17H25NO/c1-12-4-5-13-6-7-16(15(13)10-12)18-14-8-9-19-17(2,3)11-14/h4-5,10,14,16,18H,6-9,11H2,1-3H3. The van der Waals surface area contributed by atoms with Gasteiger partial charge in [0.15, 0.2) is 0 Å². The Morgan fingerprint density at radius 1 is 1.26 bits per heavy atom. The van der Waals surface area contributed by atoms with E-state index in [0.29, 0.717) is 12.1 Å². The van der Waals surface area contributed by atoms with Crippen LogP contribution in [0.5, 0.6) is 0 Å². The second-order valence-electron chi connectivity index (χ2n) is 6.76. The second-order valence-corrected chi connectivity index (χ2v) is 6.76. The summed E-state index contributed by atoms with van der Waals surface area (Å²) in [5.41, 5.74) is 4.47. The van der Waals surface area contributed by atoms with Crippen LogP contribution in [0.1, 0.15) is 55.8 Å². The molecule has 2 heteroatoms. The fraction of sp³-hybridized carbons (Fsp3) is 0.647. The van der Waals surface area contributed by atoms with Crippen molar-refractivity contribution < 1.29 is 4.74 Å². The van der Waals surface area contributed by atoms with Gasteiger partial charge in [0.25, 0.3) is 0 Å². The number of hydrogen-bond donors (Lipinski definition) is 1. The Hall–Kier alpha value is -0.860. The molecule has 0 radical (unpaired) electrons. The van der Waals surface area contributed by atoms with Crippen LogP contribution in [0.3, 0.4) is 0 Å². The molecule has 0 saturated carbocycles. The maximum absolute atomic E-state index is 5.81. The fourth-order valence-electron chi connectivity index (χ4n) is 3.55. The van der Waals surface area contributed by atoms with E-state index in [9.17, 15) is 0 Å². The van der Waals surface area contributed by atoms with Crippen LogP contribution in [0.2, 0.25) is 0 Å². The van der Waals surface area contributed by atoms with Crippen molar-refractivity contribution in [2.24, 2.45) is 0 Å². The monoisotopic (exact) mass is 259 g/mol. The van der Waals surface area contributed by atoms with Gasteiger partial charge in [0, 0.05) is 18.7 Å². The zero-order valence-electron chi connectivity index (χ0n) is 12.3. The van der Waals surface area contributed by atoms with E-state index in [1.165, 1.54) is 29.5 Å². The van der Waals surface area contributed by atoms with Crippen LogP contribution < -0.4 is 5.32 Å². The minimum Gasteiger partial charge on any atom is -0.375 e. The maximum Gasteiger partial charge on any atom is 0.0641 e. The molecule has 1 N–H and O–H groups in total. The first-order chi connectivity index (χ1) is 9.03. The molecule has 1 aliphatic heterocycles. The minimum absolute atomic E-state index is 0.0317. The lowest BCUT2D eigenvalue weighted by Gasteiger charge is -2.37. The van der Waals surface area contributed by atoms with Gasteiger partial charge in [-0.2, -0.15) is 0 Å². The first-order valence-electron chi connectivity index (χ1n) is 7.53. The van der Waals surface area contributed by atoms with Gasteiger partial charge in [-0.3, -0.25) is 0 Å². The molecule has 1 aromatic carbocycles. The van der Waals surface area contributed by atoms with Gasteiger partial charge in [-0.05, 0) is 57.6 Å². The molecular weight excluding hydrogens is 234 g/mol. The topological polar surface area (TPSA) is 21.3 Å². The average Bonchev–Trinajstić information content (AvgIpc) is 2.71. The Morgan fingerprint density at radius 2 is 2.11 bits per heavy atom. The molecule has 1 fully saturated rings. The molecule has 0 aromatic heterocycles. The zero-order chi connectivity index (χ0) is 13.5. The van der Waals surface area contributed by atoms with Crippen molar-refractivity contribution in [1.29, 1.82) is 0 Å². The lowest BCUT2D eigenvalue weighted by Crippen LogP contribution is -2.44. The van der Waals surface area contributed by atoms with Crippen molar-refractivity contribution in [3.05, 3.63) is 34.9 Å². The predicted molar refractivity (Wildman–Crippen MR) is 78.4 cm³/mol. The van der Waals surface area contributed by atoms with Crippen molar-refractivity contribution >= 4 is 0 Å². The third kappa shape index (κ3) is 2.85. The van der Waals surface area contributed by atoms with Gasteiger partial charge >= 0.3 is 0 Å². The Balaban J connectivity index is 1.71. The smallest absolute Gasteiger partial charge is 0.0641 e. The molecule has 0 spiro atoms. The Kier molecular flexibility index (Phi) is 3.40. The minimum atomic E-state index is 0.0317. The zero-order valence-corrected chi connectivity index (χ0v) is 12.3. The summed E-state index contributed by atoms with van der Waals surface area (Å²) in [5.74, 6) is 0. The summed E-state index contributed by atoms with van der Waals surface area (Å²) < 4.78 is 5.81. The molecule has 2 atom stereocenters. The number of nitrogens with one attached hydrogen (secondary N) is 1. The summed E-state index contributed by atoms with van der Waals surface area (Å²) in [4.78, 5) is 0. The van der Waals surface area contributed by atoms with Crippen molar-refractivity contribution in [3.8, 4) is 0 Å². The Bertz CT molecular complexity index is 466. The molecule has 2 unspecified atom stereocenters. The van der Waals surface area contributed by atoms with Gasteiger partial charge in [0.05, 0.1) is 5.60 Å². The van der Waals surface area contributed by atoms with Crippen LogP contribution in [0, 0.1) is 6.92 Å². The highest BCUT2D eigenvalue weighted by Crippen LogP contribution is 2.34. The molecule has 3 rings (SSSR count). The molecule has 0 amide bonds. The number of hydrogen-bond acceptors (Lipinski definition) is 2. The predicted octanol–water partition coefficient (Wildman–Crippen LogP) is 3.53. The molecule has 19 heavy (non-hydrogen) atoms. The third-order valence-electron chi connectivity index (χ3n) is 4.51. The molecule has 0 bridgehead atoms. The van der Waals surface area contributed by atoms with E-state index in [-0.39, 0.29) is 5.60 Å². The van der Waals surface area contributed by atoms with E-state index in [2.05, 4.69) is 44.3 Å². The van der Waals surface area contributed by atoms with Gasteiger partial charge < -0.3 is 10.1 Å². The largest absolute Gasteiger partial charge is 0.375 e. The normalized spacial score (nSPS) is 29.2. The summed E-state index contributed by atoms with van der Waals surface area (Å²) in [6.45, 7) is 7.48. The number of benzene rings is 1. The van der Waals surface area contributed by atoms with E-state index in [1.54, 1.807) is 0 Å². The summed E-state index contributed by atoms with van der Waals surface area (Å²) >= 11 is 0. The highest BCUT2D eigenvalue weighted by Gasteiger charge is 2.31. The number of rotatable bonds is 2. The molecule has 2 nitrogen and oxygen atoms in total. The van der Waals surface area contributed by atoms with Crippen LogP contribution in [0.25, 0.3) is 0 Å². The molecule has 1 aliphatic carbocycles. The molecule has 2 aliphatic rings. The van der Waals surface area contributed by atoms with E-state index in [4.69, 9.17) is 4.74 Å². The molecule has 1 saturated heterocycles. The van der Waals surface area contributed by atoms with Crippen LogP contribution in [0.4, 0.5) is 0 Å². The lowest BCUT2D eigenvalue weighted by molar-refractivity contribution is -0.0642. The van der Waals surface area contributed by atoms with E-state index >= 15 is 0 Å². The molecular formula is C17H25NO. The summed E-state index contributed by atoms with van der Waals surface area (Å²) in [5, 5.41) is 3.88. The Labute approximate surface area is 116 Å². The quantitative estimate of drug-likeness (QED) is 0.877. The van der Waals surface area contributed by atoms with Crippen molar-refractivity contribution in [3.63, 3.8) is 0 Å². The summed E-state index contributed by atoms with van der Waals surface area (Å²) in [6, 6.07) is 8.05. The van der Waals surface area contributed by atoms with Crippen molar-refractivity contribution in [1.82, 2.24) is 5.32 Å². The van der Waals surface area contributed by atoms with Crippen LogP contribution >= 0.6 is 0 Å². The molecule has 1 heterocycles. The van der Waals surface area contributed by atoms with E-state index in [1.807, 2.05) is 0 Å². The highest BCUT2D eigenvalue weighted by molar-refractivity contribution is 5.37. The van der Waals surface area contributed by atoms with Crippen LogP contribution in [-0.4, -0.2) is 18.2 Å². The SMILES string of the molecule is Cc1ccc2c(c1)C(NC1CCOC(C)(C)C1)CC2. The highest BCUT2D eigenvalue weighted by atomic mass is 16.5. The molecule has 104 valence electrons. The van der Waals surface area contributed by atoms with E-state index in [0.717, 1.165) is 19.4 Å². The summed E-state index contributed by atoms with van der Waals surface area (Å²) in [6.07, 6.45) is 4.72. The second kappa shape index (κ2) is 4.92. The van der Waals surface area contributed by atoms with Gasteiger partial charge in [0.1, 0.15) is 0 Å². The van der Waals surface area contributed by atoms with E-state index < -0.39 is 0 Å². The number of ether oxygens (including phenoxy) is 1. The maximum atomic E-state index is 5.81. The fourth-order valence-corrected chi connectivity index (χ4v) is 3.55. The van der Waals surface area contributed by atoms with Gasteiger partial charge in [-0.25, -0.2) is 0 Å². The lowest BCUT2D eigenvalue weighted by atomic mass is 9.93.